The minimum Gasteiger partial charge on any atom is -0.290 e. The Morgan fingerprint density at radius 2 is 1.82 bits per heavy atom. The first-order chi connectivity index (χ1) is 10.5. The van der Waals surface area contributed by atoms with Gasteiger partial charge in [-0.25, -0.2) is 15.6 Å². The van der Waals surface area contributed by atoms with Crippen LogP contribution in [0.3, 0.4) is 0 Å². The summed E-state index contributed by atoms with van der Waals surface area (Å²) in [5.41, 5.74) is 2.40. The summed E-state index contributed by atoms with van der Waals surface area (Å²) in [5.74, 6) is 5.42. The Bertz CT molecular complexity index is 732. The Morgan fingerprint density at radius 1 is 1.23 bits per heavy atom. The first-order valence-corrected chi connectivity index (χ1v) is 7.12. The fraction of sp³-hybridized carbons (Fsp3) is 0.333. The summed E-state index contributed by atoms with van der Waals surface area (Å²) in [7, 11) is 0. The van der Waals surface area contributed by atoms with Crippen LogP contribution in [0, 0.1) is 0 Å². The summed E-state index contributed by atoms with van der Waals surface area (Å²) in [6.45, 7) is 5.34. The maximum absolute atomic E-state index is 11.8. The largest absolute Gasteiger partial charge is 0.349 e. The van der Waals surface area contributed by atoms with Crippen molar-refractivity contribution in [1.82, 2.24) is 15.0 Å². The highest BCUT2D eigenvalue weighted by Gasteiger charge is 2.16. The van der Waals surface area contributed by atoms with Gasteiger partial charge in [0.2, 0.25) is 5.91 Å². The topological polar surface area (TPSA) is 105 Å². The number of nitrogens with two attached hydrogens (primary N) is 1. The number of benzene rings is 1. The van der Waals surface area contributed by atoms with E-state index in [0.29, 0.717) is 5.82 Å². The Balaban J connectivity index is 2.68. The predicted molar refractivity (Wildman–Crippen MR) is 84.2 cm³/mol. The van der Waals surface area contributed by atoms with Gasteiger partial charge < -0.3 is 0 Å². The highest BCUT2D eigenvalue weighted by Crippen LogP contribution is 2.26. The Kier molecular flexibility index (Phi) is 4.67. The normalized spacial score (nSPS) is 10.5. The second-order valence-electron chi connectivity index (χ2n) is 4.85. The fourth-order valence-electron chi connectivity index (χ4n) is 2.29. The average Bonchev–Trinajstić information content (AvgIpc) is 2.52. The molecule has 1 amide bonds. The molecular weight excluding hydrogens is 282 g/mol. The van der Waals surface area contributed by atoms with E-state index in [1.54, 1.807) is 0 Å². The lowest BCUT2D eigenvalue weighted by molar-refractivity contribution is -0.116. The number of amides is 1. The summed E-state index contributed by atoms with van der Waals surface area (Å²) in [4.78, 5) is 33.7. The molecule has 1 aromatic heterocycles. The van der Waals surface area contributed by atoms with E-state index < -0.39 is 11.6 Å². The zero-order valence-electron chi connectivity index (χ0n) is 12.9. The van der Waals surface area contributed by atoms with Crippen LogP contribution in [0.2, 0.25) is 0 Å². The summed E-state index contributed by atoms with van der Waals surface area (Å²) < 4.78 is 0. The van der Waals surface area contributed by atoms with E-state index in [0.717, 1.165) is 34.5 Å². The number of aryl methyl sites for hydroxylation is 2. The molecule has 0 atom stereocenters. The van der Waals surface area contributed by atoms with Gasteiger partial charge >= 0.3 is 5.69 Å². The lowest BCUT2D eigenvalue weighted by atomic mass is 9.97. The Labute approximate surface area is 128 Å². The van der Waals surface area contributed by atoms with Crippen LogP contribution in [-0.4, -0.2) is 20.9 Å². The van der Waals surface area contributed by atoms with Gasteiger partial charge in [-0.3, -0.25) is 9.78 Å². The third kappa shape index (κ3) is 3.04. The molecule has 0 unspecified atom stereocenters. The van der Waals surface area contributed by atoms with Gasteiger partial charge in [0, 0.05) is 12.5 Å². The van der Waals surface area contributed by atoms with Gasteiger partial charge in [0.05, 0.1) is 0 Å². The molecule has 116 valence electrons. The lowest BCUT2D eigenvalue weighted by Gasteiger charge is -2.15. The first kappa shape index (κ1) is 15.8. The third-order valence-corrected chi connectivity index (χ3v) is 3.43. The average molecular weight is 301 g/mol. The minimum atomic E-state index is -0.593. The van der Waals surface area contributed by atoms with Crippen molar-refractivity contribution in [2.45, 2.75) is 33.6 Å². The van der Waals surface area contributed by atoms with Gasteiger partial charge in [-0.1, -0.05) is 32.0 Å². The van der Waals surface area contributed by atoms with Crippen molar-refractivity contribution in [3.63, 3.8) is 0 Å². The maximum Gasteiger partial charge on any atom is 0.349 e. The Hall–Kier alpha value is -2.54. The van der Waals surface area contributed by atoms with Gasteiger partial charge in [0.1, 0.15) is 5.82 Å². The molecule has 2 aromatic rings. The van der Waals surface area contributed by atoms with Gasteiger partial charge in [-0.05, 0) is 24.0 Å². The molecule has 1 heterocycles. The van der Waals surface area contributed by atoms with Gasteiger partial charge in [-0.2, -0.15) is 9.97 Å². The molecule has 7 heteroatoms. The van der Waals surface area contributed by atoms with Crippen molar-refractivity contribution >= 4 is 11.9 Å². The number of hydrogen-bond donors (Lipinski definition) is 2. The highest BCUT2D eigenvalue weighted by molar-refractivity contribution is 5.88. The predicted octanol–water partition coefficient (Wildman–Crippen LogP) is 1.18. The van der Waals surface area contributed by atoms with Crippen molar-refractivity contribution < 1.29 is 4.79 Å². The maximum atomic E-state index is 11.8. The lowest BCUT2D eigenvalue weighted by Crippen LogP contribution is -2.38. The quantitative estimate of drug-likeness (QED) is 0.501. The molecule has 0 saturated carbocycles. The summed E-state index contributed by atoms with van der Waals surface area (Å²) >= 11 is 0. The van der Waals surface area contributed by atoms with E-state index in [1.807, 2.05) is 32.0 Å². The first-order valence-electron chi connectivity index (χ1n) is 7.12. The molecule has 22 heavy (non-hydrogen) atoms. The number of hydrazine groups is 1. The van der Waals surface area contributed by atoms with Crippen molar-refractivity contribution in [3.8, 4) is 11.4 Å². The molecule has 0 saturated heterocycles. The number of aromatic nitrogens is 3. The number of carbonyl (C=O) groups excluding carboxylic acids is 1. The molecule has 7 nitrogen and oxygen atoms in total. The number of aromatic amines is 1. The van der Waals surface area contributed by atoms with Crippen LogP contribution in [0.4, 0.5) is 5.95 Å². The second kappa shape index (κ2) is 6.48. The van der Waals surface area contributed by atoms with Crippen LogP contribution < -0.4 is 16.5 Å². The van der Waals surface area contributed by atoms with E-state index in [1.165, 1.54) is 6.92 Å². The van der Waals surface area contributed by atoms with Crippen LogP contribution in [0.1, 0.15) is 31.9 Å². The van der Waals surface area contributed by atoms with E-state index in [2.05, 4.69) is 15.0 Å². The molecule has 1 aromatic carbocycles. The van der Waals surface area contributed by atoms with Crippen LogP contribution in [0.15, 0.2) is 23.0 Å². The smallest absolute Gasteiger partial charge is 0.290 e. The van der Waals surface area contributed by atoms with Crippen LogP contribution >= 0.6 is 0 Å². The summed E-state index contributed by atoms with van der Waals surface area (Å²) in [6.07, 6.45) is 1.59. The molecule has 0 fully saturated rings. The van der Waals surface area contributed by atoms with Crippen molar-refractivity contribution in [1.29, 1.82) is 0 Å². The zero-order valence-corrected chi connectivity index (χ0v) is 12.9. The summed E-state index contributed by atoms with van der Waals surface area (Å²) in [6, 6.07) is 5.95. The molecule has 0 radical (unpaired) electrons. The van der Waals surface area contributed by atoms with Crippen molar-refractivity contribution in [2.75, 3.05) is 5.01 Å². The van der Waals surface area contributed by atoms with Gasteiger partial charge in [-0.15, -0.1) is 0 Å². The number of anilines is 1. The second-order valence-corrected chi connectivity index (χ2v) is 4.85. The van der Waals surface area contributed by atoms with Crippen molar-refractivity contribution in [2.24, 2.45) is 5.84 Å². The number of H-pyrrole nitrogens is 1. The number of hydrogen-bond acceptors (Lipinski definition) is 5. The number of carbonyl (C=O) groups is 1. The molecular formula is C15H19N5O2. The van der Waals surface area contributed by atoms with Crippen LogP contribution in [0.25, 0.3) is 11.4 Å². The van der Waals surface area contributed by atoms with Crippen molar-refractivity contribution in [3.05, 3.63) is 39.8 Å². The van der Waals surface area contributed by atoms with E-state index in [9.17, 15) is 9.59 Å². The molecule has 0 aliphatic heterocycles. The molecule has 2 rings (SSSR count). The van der Waals surface area contributed by atoms with Gasteiger partial charge in [0.25, 0.3) is 5.95 Å². The molecule has 3 N–H and O–H groups in total. The molecule has 0 bridgehead atoms. The van der Waals surface area contributed by atoms with Gasteiger partial charge in [0.15, 0.2) is 0 Å². The fourth-order valence-corrected chi connectivity index (χ4v) is 2.29. The zero-order chi connectivity index (χ0) is 16.3. The van der Waals surface area contributed by atoms with E-state index in [-0.39, 0.29) is 5.95 Å². The monoisotopic (exact) mass is 301 g/mol. The van der Waals surface area contributed by atoms with Crippen LogP contribution in [-0.2, 0) is 17.6 Å². The number of nitrogens with one attached hydrogen (secondary N) is 1. The summed E-state index contributed by atoms with van der Waals surface area (Å²) in [5, 5.41) is 0.763. The SMILES string of the molecule is CCc1cccc(CC)c1-c1nc(N(N)C(C)=O)nc(=O)[nH]1. The Morgan fingerprint density at radius 3 is 2.32 bits per heavy atom. The number of nitrogens with zero attached hydrogens (tertiary/aromatic N) is 3. The standard InChI is InChI=1S/C15H19N5O2/c1-4-10-7-6-8-11(5-2)12(10)13-17-14(19-15(22)18-13)20(16)9(3)21/h6-8H,4-5,16H2,1-3H3,(H,17,18,19,22). The highest BCUT2D eigenvalue weighted by atomic mass is 16.2. The molecule has 0 aliphatic rings. The van der Waals surface area contributed by atoms with E-state index in [4.69, 9.17) is 5.84 Å². The van der Waals surface area contributed by atoms with E-state index >= 15 is 0 Å². The van der Waals surface area contributed by atoms with Crippen LogP contribution in [0.5, 0.6) is 0 Å². The molecule has 0 aliphatic carbocycles. The third-order valence-electron chi connectivity index (χ3n) is 3.43. The molecule has 0 spiro atoms. The minimum absolute atomic E-state index is 0.112. The number of rotatable bonds is 4.